The van der Waals surface area contributed by atoms with Gasteiger partial charge in [0.25, 0.3) is 0 Å². The molecule has 1 aliphatic carbocycles. The molecule has 0 radical (unpaired) electrons. The van der Waals surface area contributed by atoms with E-state index in [0.717, 1.165) is 32.1 Å². The van der Waals surface area contributed by atoms with Gasteiger partial charge >= 0.3 is 0 Å². The molecule has 3 aromatic rings. The van der Waals surface area contributed by atoms with Crippen LogP contribution in [0.25, 0.3) is 5.65 Å². The third-order valence-corrected chi connectivity index (χ3v) is 6.32. The summed E-state index contributed by atoms with van der Waals surface area (Å²) < 4.78 is 35.2. The number of hydrogen-bond acceptors (Lipinski definition) is 4. The second-order valence-electron chi connectivity index (χ2n) is 8.66. The lowest BCUT2D eigenvalue weighted by atomic mass is 9.81. The van der Waals surface area contributed by atoms with Crippen LogP contribution in [0.2, 0.25) is 0 Å². The number of ketones is 1. The van der Waals surface area contributed by atoms with E-state index in [9.17, 15) is 18.7 Å². The highest BCUT2D eigenvalue weighted by molar-refractivity contribution is 5.96. The van der Waals surface area contributed by atoms with Crippen molar-refractivity contribution in [2.45, 2.75) is 70.5 Å². The van der Waals surface area contributed by atoms with E-state index < -0.39 is 17.2 Å². The van der Waals surface area contributed by atoms with Crippen molar-refractivity contribution >= 4 is 11.4 Å². The highest BCUT2D eigenvalue weighted by atomic mass is 19.1. The molecule has 0 spiro atoms. The lowest BCUT2D eigenvalue weighted by Crippen LogP contribution is -2.31. The Morgan fingerprint density at radius 1 is 1.16 bits per heavy atom. The number of halogens is 2. The van der Waals surface area contributed by atoms with Crippen molar-refractivity contribution in [2.24, 2.45) is 0 Å². The number of carbonyl (C=O) groups excluding carboxylic acids is 1. The number of hydrogen-bond donors (Lipinski definition) is 1. The maximum absolute atomic E-state index is 13.9. The minimum Gasteiger partial charge on any atom is -0.485 e. The minimum absolute atomic E-state index is 0.0493. The number of aromatic nitrogens is 2. The highest BCUT2D eigenvalue weighted by Gasteiger charge is 2.29. The third-order valence-electron chi connectivity index (χ3n) is 6.32. The molecule has 0 atom stereocenters. The van der Waals surface area contributed by atoms with Gasteiger partial charge in [-0.05, 0) is 56.9 Å². The molecule has 1 N–H and O–H groups in total. The van der Waals surface area contributed by atoms with Crippen LogP contribution in [0, 0.1) is 18.6 Å². The number of fused-ring (bicyclic) bond motifs is 1. The summed E-state index contributed by atoms with van der Waals surface area (Å²) in [7, 11) is 0. The fourth-order valence-electron chi connectivity index (χ4n) is 4.58. The molecule has 2 heterocycles. The Balaban J connectivity index is 1.48. The van der Waals surface area contributed by atoms with E-state index >= 15 is 0 Å². The monoisotopic (exact) mass is 442 g/mol. The molecule has 170 valence electrons. The van der Waals surface area contributed by atoms with E-state index in [-0.39, 0.29) is 18.0 Å². The van der Waals surface area contributed by atoms with Crippen molar-refractivity contribution in [2.75, 3.05) is 0 Å². The van der Waals surface area contributed by atoms with Crippen molar-refractivity contribution in [3.8, 4) is 5.75 Å². The summed E-state index contributed by atoms with van der Waals surface area (Å²) in [4.78, 5) is 17.5. The Hall–Kier alpha value is -2.80. The molecule has 32 heavy (non-hydrogen) atoms. The van der Waals surface area contributed by atoms with Gasteiger partial charge in [-0.15, -0.1) is 0 Å². The molecule has 7 heteroatoms. The molecule has 0 amide bonds. The quantitative estimate of drug-likeness (QED) is 0.465. The minimum atomic E-state index is -0.674. The molecule has 1 aliphatic rings. The molecular weight excluding hydrogens is 414 g/mol. The van der Waals surface area contributed by atoms with Crippen LogP contribution < -0.4 is 4.74 Å². The van der Waals surface area contributed by atoms with E-state index in [1.807, 2.05) is 0 Å². The number of nitrogens with zero attached hydrogens (tertiary/aromatic N) is 2. The Morgan fingerprint density at radius 3 is 2.59 bits per heavy atom. The Bertz CT molecular complexity index is 1100. The molecule has 4 rings (SSSR count). The fourth-order valence-corrected chi connectivity index (χ4v) is 4.58. The number of rotatable bonds is 8. The molecule has 0 bridgehead atoms. The fraction of sp³-hybridized carbons (Fsp3) is 0.440. The molecule has 0 unspecified atom stereocenters. The number of aryl methyl sites for hydroxylation is 1. The first-order chi connectivity index (χ1) is 15.4. The van der Waals surface area contributed by atoms with Gasteiger partial charge in [0.05, 0.1) is 16.9 Å². The Morgan fingerprint density at radius 2 is 1.88 bits per heavy atom. The maximum atomic E-state index is 13.9. The zero-order valence-electron chi connectivity index (χ0n) is 18.2. The number of carbonyl (C=O) groups is 1. The summed E-state index contributed by atoms with van der Waals surface area (Å²) in [6, 6.07) is 7.04. The van der Waals surface area contributed by atoms with Crippen LogP contribution in [0.1, 0.15) is 73.1 Å². The molecule has 1 aromatic carbocycles. The zero-order valence-corrected chi connectivity index (χ0v) is 18.2. The molecule has 2 aromatic heterocycles. The maximum Gasteiger partial charge on any atom is 0.181 e. The van der Waals surface area contributed by atoms with E-state index in [1.165, 1.54) is 18.2 Å². The normalized spacial score (nSPS) is 15.8. The first kappa shape index (κ1) is 22.4. The first-order valence-electron chi connectivity index (χ1n) is 11.2. The van der Waals surface area contributed by atoms with Crippen LogP contribution in [0.3, 0.4) is 0 Å². The smallest absolute Gasteiger partial charge is 0.181 e. The molecule has 0 aliphatic heterocycles. The Labute approximate surface area is 186 Å². The zero-order chi connectivity index (χ0) is 22.7. The summed E-state index contributed by atoms with van der Waals surface area (Å²) in [5.41, 5.74) is 0.666. The van der Waals surface area contributed by atoms with Gasteiger partial charge in [-0.2, -0.15) is 0 Å². The van der Waals surface area contributed by atoms with Gasteiger partial charge in [0, 0.05) is 12.6 Å². The highest BCUT2D eigenvalue weighted by Crippen LogP contribution is 2.32. The Kier molecular flexibility index (Phi) is 6.55. The van der Waals surface area contributed by atoms with Crippen LogP contribution in [0.4, 0.5) is 8.78 Å². The summed E-state index contributed by atoms with van der Waals surface area (Å²) in [5.74, 6) is -1.06. The number of benzene rings is 1. The van der Waals surface area contributed by atoms with Crippen LogP contribution >= 0.6 is 0 Å². The predicted molar refractivity (Wildman–Crippen MR) is 117 cm³/mol. The van der Waals surface area contributed by atoms with E-state index in [0.29, 0.717) is 42.0 Å². The standard InChI is InChI=1S/C25H28F2N2O3/c1-17-23(21(30)10-6-14-25(31)12-3-2-4-13-25)29-15-7-11-22(24(29)28-17)32-16-18-19(26)8-5-9-20(18)27/h5,7-9,11,15,31H,2-4,6,10,12-14,16H2,1H3. The van der Waals surface area contributed by atoms with Crippen molar-refractivity contribution in [3.63, 3.8) is 0 Å². The van der Waals surface area contributed by atoms with E-state index in [4.69, 9.17) is 4.74 Å². The second kappa shape index (κ2) is 9.36. The van der Waals surface area contributed by atoms with Gasteiger partial charge in [0.2, 0.25) is 0 Å². The van der Waals surface area contributed by atoms with Crippen molar-refractivity contribution in [3.05, 3.63) is 65.1 Å². The van der Waals surface area contributed by atoms with Crippen LogP contribution in [0.15, 0.2) is 36.5 Å². The average molecular weight is 443 g/mol. The molecule has 0 saturated heterocycles. The van der Waals surface area contributed by atoms with E-state index in [2.05, 4.69) is 4.98 Å². The van der Waals surface area contributed by atoms with Crippen molar-refractivity contribution in [1.29, 1.82) is 0 Å². The van der Waals surface area contributed by atoms with Crippen LogP contribution in [0.5, 0.6) is 5.75 Å². The number of Topliss-reactive ketones (excluding diaryl/α,β-unsaturated/α-hetero) is 1. The predicted octanol–water partition coefficient (Wildman–Crippen LogP) is 5.55. The second-order valence-corrected chi connectivity index (χ2v) is 8.66. The van der Waals surface area contributed by atoms with Gasteiger partial charge in [-0.25, -0.2) is 13.8 Å². The summed E-state index contributed by atoms with van der Waals surface area (Å²) >= 11 is 0. The topological polar surface area (TPSA) is 63.8 Å². The van der Waals surface area contributed by atoms with Crippen molar-refractivity contribution < 1.29 is 23.4 Å². The van der Waals surface area contributed by atoms with Crippen LogP contribution in [-0.2, 0) is 6.61 Å². The lowest BCUT2D eigenvalue weighted by Gasteiger charge is -2.32. The SMILES string of the molecule is Cc1nc2c(OCc3c(F)cccc3F)cccn2c1C(=O)CCCC1(O)CCCCC1. The van der Waals surface area contributed by atoms with Gasteiger partial charge in [-0.1, -0.05) is 25.3 Å². The summed E-state index contributed by atoms with van der Waals surface area (Å²) in [6.45, 7) is 1.47. The molecular formula is C25H28F2N2O3. The molecule has 1 saturated carbocycles. The third kappa shape index (κ3) is 4.67. The summed E-state index contributed by atoms with van der Waals surface area (Å²) in [5, 5.41) is 10.7. The van der Waals surface area contributed by atoms with Crippen LogP contribution in [-0.4, -0.2) is 25.9 Å². The van der Waals surface area contributed by atoms with Crippen molar-refractivity contribution in [1.82, 2.24) is 9.38 Å². The number of ether oxygens (including phenoxy) is 1. The molecule has 5 nitrogen and oxygen atoms in total. The van der Waals surface area contributed by atoms with Gasteiger partial charge in [-0.3, -0.25) is 9.20 Å². The van der Waals surface area contributed by atoms with Gasteiger partial charge < -0.3 is 9.84 Å². The van der Waals surface area contributed by atoms with E-state index in [1.54, 1.807) is 29.7 Å². The van der Waals surface area contributed by atoms with Gasteiger partial charge in [0.1, 0.15) is 23.9 Å². The largest absolute Gasteiger partial charge is 0.485 e. The number of aliphatic hydroxyl groups is 1. The first-order valence-corrected chi connectivity index (χ1v) is 11.2. The molecule has 1 fully saturated rings. The lowest BCUT2D eigenvalue weighted by molar-refractivity contribution is -0.00541. The van der Waals surface area contributed by atoms with Gasteiger partial charge in [0.15, 0.2) is 17.2 Å². The number of pyridine rings is 1. The summed E-state index contributed by atoms with van der Waals surface area (Å²) in [6.07, 6.45) is 8.14. The number of imidazole rings is 1. The average Bonchev–Trinajstić information content (AvgIpc) is 3.10.